The van der Waals surface area contributed by atoms with Gasteiger partial charge in [-0.3, -0.25) is 4.79 Å². The zero-order valence-electron chi connectivity index (χ0n) is 8.23. The Morgan fingerprint density at radius 1 is 1.27 bits per heavy atom. The molecule has 0 aliphatic rings. The fourth-order valence-electron chi connectivity index (χ4n) is 1.06. The number of carbonyl (C=O) groups excluding carboxylic acids is 1. The molecule has 0 heterocycles. The Morgan fingerprint density at radius 2 is 1.87 bits per heavy atom. The second-order valence-electron chi connectivity index (χ2n) is 2.87. The molecule has 1 aromatic rings. The van der Waals surface area contributed by atoms with Gasteiger partial charge < -0.3 is 10.4 Å². The van der Waals surface area contributed by atoms with Crippen LogP contribution in [0.15, 0.2) is 30.3 Å². The van der Waals surface area contributed by atoms with E-state index in [1.165, 1.54) is 6.08 Å². The van der Waals surface area contributed by atoms with Crippen molar-refractivity contribution in [1.82, 2.24) is 5.32 Å². The predicted octanol–water partition coefficient (Wildman–Crippen LogP) is 1.14. The average molecular weight is 205 g/mol. The van der Waals surface area contributed by atoms with Gasteiger partial charge >= 0.3 is 5.97 Å². The van der Waals surface area contributed by atoms with Crippen molar-refractivity contribution in [2.45, 2.75) is 0 Å². The van der Waals surface area contributed by atoms with E-state index in [9.17, 15) is 9.59 Å². The Morgan fingerprint density at radius 3 is 2.33 bits per heavy atom. The summed E-state index contributed by atoms with van der Waals surface area (Å²) in [5.74, 6) is -1.16. The molecule has 0 bridgehead atoms. The highest BCUT2D eigenvalue weighted by molar-refractivity contribution is 5.94. The van der Waals surface area contributed by atoms with Crippen molar-refractivity contribution in [1.29, 1.82) is 0 Å². The van der Waals surface area contributed by atoms with Crippen molar-refractivity contribution in [2.24, 2.45) is 0 Å². The topological polar surface area (TPSA) is 66.4 Å². The maximum atomic E-state index is 11.2. The number of benzene rings is 1. The highest BCUT2D eigenvalue weighted by Gasteiger charge is 2.00. The zero-order chi connectivity index (χ0) is 11.3. The van der Waals surface area contributed by atoms with Gasteiger partial charge in [0.05, 0.1) is 0 Å². The van der Waals surface area contributed by atoms with Crippen molar-refractivity contribution >= 4 is 18.0 Å². The van der Waals surface area contributed by atoms with E-state index in [-0.39, 0.29) is 5.91 Å². The summed E-state index contributed by atoms with van der Waals surface area (Å²) in [5.41, 5.74) is 1.29. The first kappa shape index (κ1) is 11.0. The van der Waals surface area contributed by atoms with Gasteiger partial charge in [0.15, 0.2) is 0 Å². The van der Waals surface area contributed by atoms with Crippen LogP contribution in [0.3, 0.4) is 0 Å². The van der Waals surface area contributed by atoms with Crippen LogP contribution in [0.5, 0.6) is 0 Å². The molecule has 0 spiro atoms. The van der Waals surface area contributed by atoms with Gasteiger partial charge in [-0.05, 0) is 23.8 Å². The van der Waals surface area contributed by atoms with Crippen LogP contribution in [0.25, 0.3) is 6.08 Å². The SMILES string of the molecule is CNC(=O)c1ccc(C=CC(=O)O)cc1. The van der Waals surface area contributed by atoms with Crippen LogP contribution in [0.2, 0.25) is 0 Å². The smallest absolute Gasteiger partial charge is 0.328 e. The number of amides is 1. The molecule has 0 aliphatic heterocycles. The minimum atomic E-state index is -0.995. The van der Waals surface area contributed by atoms with Crippen LogP contribution in [0, 0.1) is 0 Å². The zero-order valence-corrected chi connectivity index (χ0v) is 8.23. The molecule has 15 heavy (non-hydrogen) atoms. The summed E-state index contributed by atoms with van der Waals surface area (Å²) in [6, 6.07) is 6.65. The van der Waals surface area contributed by atoms with Gasteiger partial charge in [-0.2, -0.15) is 0 Å². The fourth-order valence-corrected chi connectivity index (χ4v) is 1.06. The summed E-state index contributed by atoms with van der Waals surface area (Å²) < 4.78 is 0. The minimum Gasteiger partial charge on any atom is -0.478 e. The maximum Gasteiger partial charge on any atom is 0.328 e. The van der Waals surface area contributed by atoms with Gasteiger partial charge in [0.25, 0.3) is 5.91 Å². The molecule has 78 valence electrons. The Balaban J connectivity index is 2.81. The van der Waals surface area contributed by atoms with Crippen LogP contribution < -0.4 is 5.32 Å². The van der Waals surface area contributed by atoms with E-state index in [1.54, 1.807) is 31.3 Å². The van der Waals surface area contributed by atoms with Gasteiger partial charge in [-0.25, -0.2) is 4.79 Å². The molecule has 2 N–H and O–H groups in total. The number of aliphatic carboxylic acids is 1. The summed E-state index contributed by atoms with van der Waals surface area (Å²) in [4.78, 5) is 21.4. The lowest BCUT2D eigenvalue weighted by Crippen LogP contribution is -2.17. The van der Waals surface area contributed by atoms with Gasteiger partial charge in [0.2, 0.25) is 0 Å². The number of hydrogen-bond donors (Lipinski definition) is 2. The summed E-state index contributed by atoms with van der Waals surface area (Å²) in [5, 5.41) is 10.9. The highest BCUT2D eigenvalue weighted by Crippen LogP contribution is 2.05. The van der Waals surface area contributed by atoms with E-state index in [2.05, 4.69) is 5.32 Å². The largest absolute Gasteiger partial charge is 0.478 e. The van der Waals surface area contributed by atoms with Crippen LogP contribution >= 0.6 is 0 Å². The number of nitrogens with one attached hydrogen (secondary N) is 1. The maximum absolute atomic E-state index is 11.2. The predicted molar refractivity (Wildman–Crippen MR) is 56.5 cm³/mol. The Bertz CT molecular complexity index is 393. The fraction of sp³-hybridized carbons (Fsp3) is 0.0909. The van der Waals surface area contributed by atoms with Crippen LogP contribution in [-0.4, -0.2) is 24.0 Å². The lowest BCUT2D eigenvalue weighted by Gasteiger charge is -1.99. The normalized spacial score (nSPS) is 10.2. The van der Waals surface area contributed by atoms with Gasteiger partial charge in [0, 0.05) is 18.7 Å². The number of carbonyl (C=O) groups is 2. The molecule has 1 rings (SSSR count). The van der Waals surface area contributed by atoms with Gasteiger partial charge in [-0.1, -0.05) is 12.1 Å². The van der Waals surface area contributed by atoms with Crippen LogP contribution in [0.4, 0.5) is 0 Å². The van der Waals surface area contributed by atoms with Crippen molar-refractivity contribution in [3.8, 4) is 0 Å². The monoisotopic (exact) mass is 205 g/mol. The quantitative estimate of drug-likeness (QED) is 0.727. The molecule has 4 nitrogen and oxygen atoms in total. The van der Waals surface area contributed by atoms with E-state index in [1.807, 2.05) is 0 Å². The van der Waals surface area contributed by atoms with E-state index in [4.69, 9.17) is 5.11 Å². The summed E-state index contributed by atoms with van der Waals surface area (Å²) in [6.07, 6.45) is 2.52. The Kier molecular flexibility index (Phi) is 3.62. The molecule has 1 amide bonds. The summed E-state index contributed by atoms with van der Waals surface area (Å²) >= 11 is 0. The summed E-state index contributed by atoms with van der Waals surface area (Å²) in [7, 11) is 1.56. The number of hydrogen-bond acceptors (Lipinski definition) is 2. The summed E-state index contributed by atoms with van der Waals surface area (Å²) in [6.45, 7) is 0. The molecule has 0 aromatic heterocycles. The molecule has 1 aromatic carbocycles. The van der Waals surface area contributed by atoms with Crippen molar-refractivity contribution in [3.05, 3.63) is 41.5 Å². The van der Waals surface area contributed by atoms with Crippen molar-refractivity contribution in [3.63, 3.8) is 0 Å². The molecule has 0 radical (unpaired) electrons. The molecule has 0 saturated carbocycles. The first-order chi connectivity index (χ1) is 7.13. The standard InChI is InChI=1S/C11H11NO3/c1-12-11(15)9-5-2-8(3-6-9)4-7-10(13)14/h2-7H,1H3,(H,12,15)(H,13,14). The first-order valence-electron chi connectivity index (χ1n) is 4.36. The lowest BCUT2D eigenvalue weighted by molar-refractivity contribution is -0.131. The van der Waals surface area contributed by atoms with Crippen LogP contribution in [0.1, 0.15) is 15.9 Å². The Hall–Kier alpha value is -2.10. The van der Waals surface area contributed by atoms with Crippen molar-refractivity contribution in [2.75, 3.05) is 7.05 Å². The molecule has 0 saturated heterocycles. The van der Waals surface area contributed by atoms with E-state index < -0.39 is 5.97 Å². The van der Waals surface area contributed by atoms with Crippen LogP contribution in [-0.2, 0) is 4.79 Å². The molecule has 4 heteroatoms. The average Bonchev–Trinajstić information content (AvgIpc) is 2.26. The van der Waals surface area contributed by atoms with E-state index in [0.717, 1.165) is 11.6 Å². The lowest BCUT2D eigenvalue weighted by atomic mass is 10.1. The molecule has 0 unspecified atom stereocenters. The minimum absolute atomic E-state index is 0.163. The molecular weight excluding hydrogens is 194 g/mol. The number of carboxylic acid groups (broad SMARTS) is 1. The Labute approximate surface area is 87.2 Å². The van der Waals surface area contributed by atoms with Crippen molar-refractivity contribution < 1.29 is 14.7 Å². The molecular formula is C11H11NO3. The first-order valence-corrected chi connectivity index (χ1v) is 4.36. The third-order valence-corrected chi connectivity index (χ3v) is 1.82. The van der Waals surface area contributed by atoms with Gasteiger partial charge in [-0.15, -0.1) is 0 Å². The van der Waals surface area contributed by atoms with Gasteiger partial charge in [0.1, 0.15) is 0 Å². The molecule has 0 aliphatic carbocycles. The second-order valence-corrected chi connectivity index (χ2v) is 2.87. The van der Waals surface area contributed by atoms with E-state index in [0.29, 0.717) is 5.56 Å². The third-order valence-electron chi connectivity index (χ3n) is 1.82. The second kappa shape index (κ2) is 4.95. The van der Waals surface area contributed by atoms with E-state index >= 15 is 0 Å². The third kappa shape index (κ3) is 3.27. The number of carboxylic acids is 1. The molecule has 0 atom stereocenters. The molecule has 0 fully saturated rings. The highest BCUT2D eigenvalue weighted by atomic mass is 16.4. The number of rotatable bonds is 3.